The van der Waals surface area contributed by atoms with Crippen LogP contribution in [0.4, 0.5) is 17.1 Å². The monoisotopic (exact) mass is 551 g/mol. The van der Waals surface area contributed by atoms with Crippen LogP contribution < -0.4 is 4.90 Å². The quantitative estimate of drug-likeness (QED) is 0.218. The summed E-state index contributed by atoms with van der Waals surface area (Å²) in [5, 5.41) is 6.80. The van der Waals surface area contributed by atoms with Gasteiger partial charge in [0.25, 0.3) is 0 Å². The fraction of sp³-hybridized carbons (Fsp3) is 0. The molecule has 9 aromatic rings. The van der Waals surface area contributed by atoms with Gasteiger partial charge in [-0.2, -0.15) is 0 Å². The van der Waals surface area contributed by atoms with E-state index in [4.69, 9.17) is 8.83 Å². The maximum Gasteiger partial charge on any atom is 0.159 e. The van der Waals surface area contributed by atoms with Crippen molar-refractivity contribution in [1.82, 2.24) is 0 Å². The second-order valence-electron chi connectivity index (χ2n) is 10.9. The van der Waals surface area contributed by atoms with Crippen LogP contribution >= 0.6 is 0 Å². The molecule has 0 saturated carbocycles. The number of para-hydroxylation sites is 4. The highest BCUT2D eigenvalue weighted by molar-refractivity contribution is 6.13. The van der Waals surface area contributed by atoms with Gasteiger partial charge in [0.2, 0.25) is 0 Å². The first-order valence-electron chi connectivity index (χ1n) is 14.5. The van der Waals surface area contributed by atoms with Crippen LogP contribution in [0.25, 0.3) is 65.8 Å². The van der Waals surface area contributed by atoms with E-state index in [-0.39, 0.29) is 0 Å². The zero-order chi connectivity index (χ0) is 28.3. The lowest BCUT2D eigenvalue weighted by Crippen LogP contribution is -2.12. The molecule has 0 spiro atoms. The molecule has 9 rings (SSSR count). The molecule has 0 radical (unpaired) electrons. The maximum absolute atomic E-state index is 6.61. The Kier molecular flexibility index (Phi) is 5.20. The number of fused-ring (bicyclic) bond motifs is 7. The lowest BCUT2D eigenvalue weighted by Gasteiger charge is -2.29. The lowest BCUT2D eigenvalue weighted by atomic mass is 9.98. The van der Waals surface area contributed by atoms with E-state index in [9.17, 15) is 0 Å². The summed E-state index contributed by atoms with van der Waals surface area (Å²) in [4.78, 5) is 2.36. The Hall–Kier alpha value is -5.80. The molecule has 0 aliphatic carbocycles. The van der Waals surface area contributed by atoms with Gasteiger partial charge in [-0.05, 0) is 53.4 Å². The first-order valence-corrected chi connectivity index (χ1v) is 14.5. The van der Waals surface area contributed by atoms with Crippen LogP contribution in [0.5, 0.6) is 0 Å². The summed E-state index contributed by atoms with van der Waals surface area (Å²) in [5.41, 5.74) is 8.93. The Labute approximate surface area is 247 Å². The summed E-state index contributed by atoms with van der Waals surface area (Å²) in [5.74, 6) is 0. The van der Waals surface area contributed by atoms with Crippen molar-refractivity contribution < 1.29 is 8.83 Å². The molecule has 2 heterocycles. The molecule has 0 aliphatic heterocycles. The summed E-state index contributed by atoms with van der Waals surface area (Å²) in [6, 6.07) is 53.1. The van der Waals surface area contributed by atoms with Gasteiger partial charge in [-0.3, -0.25) is 0 Å². The van der Waals surface area contributed by atoms with Crippen molar-refractivity contribution in [2.45, 2.75) is 0 Å². The van der Waals surface area contributed by atoms with E-state index in [0.29, 0.717) is 0 Å². The minimum Gasteiger partial charge on any atom is -0.456 e. The zero-order valence-corrected chi connectivity index (χ0v) is 23.2. The Morgan fingerprint density at radius 1 is 0.372 bits per heavy atom. The first kappa shape index (κ1) is 23.9. The molecule has 0 fully saturated rings. The molecule has 7 aromatic carbocycles. The minimum absolute atomic E-state index is 0.864. The van der Waals surface area contributed by atoms with Crippen molar-refractivity contribution in [2.75, 3.05) is 4.90 Å². The fourth-order valence-corrected chi connectivity index (χ4v) is 6.51. The van der Waals surface area contributed by atoms with E-state index in [2.05, 4.69) is 132 Å². The van der Waals surface area contributed by atoms with Crippen molar-refractivity contribution >= 4 is 71.7 Å². The summed E-state index contributed by atoms with van der Waals surface area (Å²) in [7, 11) is 0. The molecular weight excluding hydrogens is 526 g/mol. The Balaban J connectivity index is 1.35. The number of furan rings is 2. The van der Waals surface area contributed by atoms with Crippen LogP contribution in [0.1, 0.15) is 0 Å². The van der Waals surface area contributed by atoms with Crippen LogP contribution in [0.2, 0.25) is 0 Å². The molecule has 0 aliphatic rings. The zero-order valence-electron chi connectivity index (χ0n) is 23.2. The predicted molar refractivity (Wildman–Crippen MR) is 179 cm³/mol. The molecule has 2 aromatic heterocycles. The predicted octanol–water partition coefficient (Wildman–Crippen LogP) is 11.8. The number of anilines is 3. The normalized spacial score (nSPS) is 11.7. The average molecular weight is 552 g/mol. The molecule has 202 valence electrons. The highest BCUT2D eigenvalue weighted by atomic mass is 16.3. The molecule has 0 bridgehead atoms. The van der Waals surface area contributed by atoms with E-state index < -0.39 is 0 Å². The molecule has 0 unspecified atom stereocenters. The third-order valence-corrected chi connectivity index (χ3v) is 8.46. The lowest BCUT2D eigenvalue weighted by molar-refractivity contribution is 0.668. The van der Waals surface area contributed by atoms with E-state index >= 15 is 0 Å². The molecule has 43 heavy (non-hydrogen) atoms. The van der Waals surface area contributed by atoms with E-state index in [1.54, 1.807) is 0 Å². The topological polar surface area (TPSA) is 29.5 Å². The molecule has 0 N–H and O–H groups in total. The van der Waals surface area contributed by atoms with Crippen LogP contribution in [0.15, 0.2) is 160 Å². The highest BCUT2D eigenvalue weighted by Gasteiger charge is 2.23. The van der Waals surface area contributed by atoms with Gasteiger partial charge in [-0.15, -0.1) is 0 Å². The standard InChI is InChI=1S/C40H25NO2/c1-2-13-28-26(11-1)12-9-19-35(28)41(36-20-10-17-32-30-15-4-8-22-38(30)43-40(32)36)34-18-6-3-14-29(34)27-23-24-39-33(25-27)31-16-5-7-21-37(31)42-39/h1-25H. The van der Waals surface area contributed by atoms with Crippen LogP contribution in [-0.4, -0.2) is 0 Å². The molecule has 0 saturated heterocycles. The van der Waals surface area contributed by atoms with Crippen molar-refractivity contribution in [3.63, 3.8) is 0 Å². The molecule has 0 atom stereocenters. The second-order valence-corrected chi connectivity index (χ2v) is 10.9. The van der Waals surface area contributed by atoms with Crippen molar-refractivity contribution in [3.05, 3.63) is 152 Å². The Morgan fingerprint density at radius 3 is 1.84 bits per heavy atom. The third kappa shape index (κ3) is 3.68. The Morgan fingerprint density at radius 2 is 0.953 bits per heavy atom. The minimum atomic E-state index is 0.864. The van der Waals surface area contributed by atoms with Gasteiger partial charge in [-0.25, -0.2) is 0 Å². The SMILES string of the molecule is c1ccc(N(c2cccc3ccccc23)c2cccc3c2oc2ccccc23)c(-c2ccc3oc4ccccc4c3c2)c1. The summed E-state index contributed by atoms with van der Waals surface area (Å²) in [6.07, 6.45) is 0. The van der Waals surface area contributed by atoms with Gasteiger partial charge in [0.1, 0.15) is 16.7 Å². The first-order chi connectivity index (χ1) is 21.3. The molecule has 3 heteroatoms. The van der Waals surface area contributed by atoms with Gasteiger partial charge >= 0.3 is 0 Å². The van der Waals surface area contributed by atoms with Gasteiger partial charge in [-0.1, -0.05) is 109 Å². The Bertz CT molecular complexity index is 2480. The van der Waals surface area contributed by atoms with Crippen molar-refractivity contribution in [3.8, 4) is 11.1 Å². The summed E-state index contributed by atoms with van der Waals surface area (Å²) >= 11 is 0. The second kappa shape index (κ2) is 9.37. The average Bonchev–Trinajstić information content (AvgIpc) is 3.64. The summed E-state index contributed by atoms with van der Waals surface area (Å²) < 4.78 is 12.8. The van der Waals surface area contributed by atoms with Crippen molar-refractivity contribution in [1.29, 1.82) is 0 Å². The van der Waals surface area contributed by atoms with Gasteiger partial charge in [0, 0.05) is 32.5 Å². The number of rotatable bonds is 4. The van der Waals surface area contributed by atoms with Gasteiger partial charge in [0.15, 0.2) is 5.58 Å². The van der Waals surface area contributed by atoms with E-state index in [1.807, 2.05) is 24.3 Å². The molecule has 0 amide bonds. The fourth-order valence-electron chi connectivity index (χ4n) is 6.51. The number of hydrogen-bond acceptors (Lipinski definition) is 3. The highest BCUT2D eigenvalue weighted by Crippen LogP contribution is 2.47. The number of nitrogens with zero attached hydrogens (tertiary/aromatic N) is 1. The maximum atomic E-state index is 6.61. The van der Waals surface area contributed by atoms with E-state index in [0.717, 1.165) is 72.1 Å². The van der Waals surface area contributed by atoms with Gasteiger partial charge < -0.3 is 13.7 Å². The summed E-state index contributed by atoms with van der Waals surface area (Å²) in [6.45, 7) is 0. The molecule has 3 nitrogen and oxygen atoms in total. The smallest absolute Gasteiger partial charge is 0.159 e. The van der Waals surface area contributed by atoms with E-state index in [1.165, 1.54) is 10.8 Å². The van der Waals surface area contributed by atoms with Gasteiger partial charge in [0.05, 0.1) is 17.1 Å². The van der Waals surface area contributed by atoms with Crippen LogP contribution in [0, 0.1) is 0 Å². The third-order valence-electron chi connectivity index (χ3n) is 8.46. The number of hydrogen-bond donors (Lipinski definition) is 0. The number of benzene rings is 7. The molecular formula is C40H25NO2. The van der Waals surface area contributed by atoms with Crippen LogP contribution in [0.3, 0.4) is 0 Å². The largest absolute Gasteiger partial charge is 0.456 e. The van der Waals surface area contributed by atoms with Crippen LogP contribution in [-0.2, 0) is 0 Å². The van der Waals surface area contributed by atoms with Crippen molar-refractivity contribution in [2.24, 2.45) is 0 Å².